The third-order valence-corrected chi connectivity index (χ3v) is 7.35. The van der Waals surface area contributed by atoms with Crippen LogP contribution in [-0.2, 0) is 16.4 Å². The minimum Gasteiger partial charge on any atom is -0.508 e. The van der Waals surface area contributed by atoms with E-state index in [0.29, 0.717) is 23.4 Å². The zero-order valence-electron chi connectivity index (χ0n) is 15.2. The summed E-state index contributed by atoms with van der Waals surface area (Å²) in [7, 11) is -3.79. The van der Waals surface area contributed by atoms with Gasteiger partial charge in [-0.25, -0.2) is 12.4 Å². The molecule has 142 valence electrons. The molecule has 3 aromatic rings. The maximum absolute atomic E-state index is 13.2. The molecule has 0 radical (unpaired) electrons. The highest BCUT2D eigenvalue weighted by Crippen LogP contribution is 2.37. The average Bonchev–Trinajstić information content (AvgIpc) is 3.16. The van der Waals surface area contributed by atoms with E-state index in [9.17, 15) is 13.5 Å². The molecular formula is C20H23N3O3S. The van der Waals surface area contributed by atoms with Crippen molar-refractivity contribution >= 4 is 21.1 Å². The lowest BCUT2D eigenvalue weighted by Crippen LogP contribution is -2.40. The van der Waals surface area contributed by atoms with Gasteiger partial charge in [0, 0.05) is 17.9 Å². The fraction of sp³-hybridized carbons (Fsp3) is 0.350. The van der Waals surface area contributed by atoms with Crippen LogP contribution >= 0.6 is 0 Å². The van der Waals surface area contributed by atoms with Gasteiger partial charge in [-0.3, -0.25) is 4.98 Å². The Bertz CT molecular complexity index is 1090. The number of aromatic nitrogens is 2. The molecule has 7 heteroatoms. The van der Waals surface area contributed by atoms with Crippen molar-refractivity contribution < 1.29 is 13.5 Å². The zero-order chi connectivity index (χ0) is 19.2. The average molecular weight is 385 g/mol. The molecule has 2 atom stereocenters. The quantitative estimate of drug-likeness (QED) is 0.719. The Hall–Kier alpha value is -2.38. The summed E-state index contributed by atoms with van der Waals surface area (Å²) in [6, 6.07) is 9.05. The van der Waals surface area contributed by atoms with Gasteiger partial charge in [0.1, 0.15) is 5.75 Å². The minimum atomic E-state index is -3.79. The number of pyridine rings is 1. The SMILES string of the molecule is C[C@]1(N)CCC[C@@H]1Cc1cn(S(=O)(=O)c2ccc(O)cc2)c2cccnc12. The molecule has 0 bridgehead atoms. The standard InChI is InChI=1S/C20H23N3O3S/c1-20(21)10-2-4-15(20)12-14-13-23(18-5-3-11-22-19(14)18)27(25,26)17-8-6-16(24)7-9-17/h3,5-9,11,13,15,24H,2,4,10,12,21H2,1H3/t15-,20+/m1/s1. The van der Waals surface area contributed by atoms with Crippen molar-refractivity contribution in [3.63, 3.8) is 0 Å². The number of aromatic hydroxyl groups is 1. The molecule has 2 aromatic heterocycles. The van der Waals surface area contributed by atoms with Crippen LogP contribution in [0, 0.1) is 5.92 Å². The molecule has 0 unspecified atom stereocenters. The summed E-state index contributed by atoms with van der Waals surface area (Å²) < 4.78 is 27.6. The van der Waals surface area contributed by atoms with E-state index in [-0.39, 0.29) is 16.2 Å². The summed E-state index contributed by atoms with van der Waals surface area (Å²) in [5, 5.41) is 9.45. The lowest BCUT2D eigenvalue weighted by molar-refractivity contribution is 0.345. The van der Waals surface area contributed by atoms with Crippen LogP contribution < -0.4 is 5.73 Å². The van der Waals surface area contributed by atoms with Crippen molar-refractivity contribution in [1.82, 2.24) is 8.96 Å². The van der Waals surface area contributed by atoms with E-state index in [2.05, 4.69) is 11.9 Å². The molecule has 0 aliphatic heterocycles. The van der Waals surface area contributed by atoms with Crippen molar-refractivity contribution in [2.75, 3.05) is 0 Å². The number of rotatable bonds is 4. The van der Waals surface area contributed by atoms with E-state index in [1.807, 2.05) is 0 Å². The number of nitrogens with zero attached hydrogens (tertiary/aromatic N) is 2. The van der Waals surface area contributed by atoms with Crippen LogP contribution in [0.1, 0.15) is 31.7 Å². The van der Waals surface area contributed by atoms with Crippen LogP contribution in [0.15, 0.2) is 53.7 Å². The lowest BCUT2D eigenvalue weighted by Gasteiger charge is -2.26. The Balaban J connectivity index is 1.81. The second kappa shape index (κ2) is 6.35. The first kappa shape index (κ1) is 18.0. The minimum absolute atomic E-state index is 0.0251. The first-order valence-electron chi connectivity index (χ1n) is 9.07. The summed E-state index contributed by atoms with van der Waals surface area (Å²) in [4.78, 5) is 4.57. The van der Waals surface area contributed by atoms with E-state index in [1.165, 1.54) is 28.2 Å². The first-order chi connectivity index (χ1) is 12.8. The normalized spacial score (nSPS) is 23.1. The largest absolute Gasteiger partial charge is 0.508 e. The van der Waals surface area contributed by atoms with Crippen LogP contribution in [0.5, 0.6) is 5.75 Å². The van der Waals surface area contributed by atoms with Crippen molar-refractivity contribution in [3.8, 4) is 5.75 Å². The van der Waals surface area contributed by atoms with Gasteiger partial charge >= 0.3 is 0 Å². The molecule has 27 heavy (non-hydrogen) atoms. The number of hydrogen-bond donors (Lipinski definition) is 2. The van der Waals surface area contributed by atoms with Gasteiger partial charge in [-0.05, 0) is 74.1 Å². The van der Waals surface area contributed by atoms with Gasteiger partial charge in [0.2, 0.25) is 0 Å². The van der Waals surface area contributed by atoms with Crippen LogP contribution in [0.3, 0.4) is 0 Å². The number of nitrogens with two attached hydrogens (primary N) is 1. The van der Waals surface area contributed by atoms with Gasteiger partial charge in [-0.2, -0.15) is 0 Å². The highest BCUT2D eigenvalue weighted by atomic mass is 32.2. The monoisotopic (exact) mass is 385 g/mol. The van der Waals surface area contributed by atoms with Crippen molar-refractivity contribution in [2.45, 2.75) is 43.0 Å². The Morgan fingerprint density at radius 3 is 2.70 bits per heavy atom. The molecule has 3 N–H and O–H groups in total. The Labute approximate surface area is 158 Å². The van der Waals surface area contributed by atoms with Crippen molar-refractivity contribution in [3.05, 3.63) is 54.4 Å². The van der Waals surface area contributed by atoms with Crippen molar-refractivity contribution in [1.29, 1.82) is 0 Å². The third-order valence-electron chi connectivity index (χ3n) is 5.66. The topological polar surface area (TPSA) is 98.2 Å². The highest BCUT2D eigenvalue weighted by molar-refractivity contribution is 7.90. The van der Waals surface area contributed by atoms with Crippen LogP contribution in [0.4, 0.5) is 0 Å². The predicted molar refractivity (Wildman–Crippen MR) is 104 cm³/mol. The Morgan fingerprint density at radius 1 is 1.30 bits per heavy atom. The molecule has 2 heterocycles. The van der Waals surface area contributed by atoms with E-state index in [1.54, 1.807) is 24.5 Å². The second-order valence-corrected chi connectivity index (χ2v) is 9.43. The fourth-order valence-corrected chi connectivity index (χ4v) is 5.42. The van der Waals surface area contributed by atoms with E-state index < -0.39 is 10.0 Å². The summed E-state index contributed by atoms with van der Waals surface area (Å²) in [5.74, 6) is 0.326. The van der Waals surface area contributed by atoms with E-state index in [4.69, 9.17) is 5.73 Å². The molecule has 1 aliphatic carbocycles. The summed E-state index contributed by atoms with van der Waals surface area (Å²) in [6.45, 7) is 2.07. The summed E-state index contributed by atoms with van der Waals surface area (Å²) in [5.41, 5.74) is 8.35. The fourth-order valence-electron chi connectivity index (χ4n) is 4.04. The zero-order valence-corrected chi connectivity index (χ0v) is 16.0. The van der Waals surface area contributed by atoms with Crippen molar-refractivity contribution in [2.24, 2.45) is 11.7 Å². The van der Waals surface area contributed by atoms with Gasteiger partial charge in [0.05, 0.1) is 15.9 Å². The lowest BCUT2D eigenvalue weighted by atomic mass is 9.85. The van der Waals surface area contributed by atoms with E-state index >= 15 is 0 Å². The van der Waals surface area contributed by atoms with Gasteiger partial charge in [0.25, 0.3) is 10.0 Å². The molecule has 0 spiro atoms. The third kappa shape index (κ3) is 3.11. The maximum atomic E-state index is 13.2. The molecule has 6 nitrogen and oxygen atoms in total. The molecule has 0 amide bonds. The van der Waals surface area contributed by atoms with Crippen LogP contribution in [-0.4, -0.2) is 28.0 Å². The molecule has 1 aromatic carbocycles. The number of benzene rings is 1. The summed E-state index contributed by atoms with van der Waals surface area (Å²) >= 11 is 0. The van der Waals surface area contributed by atoms with Crippen LogP contribution in [0.25, 0.3) is 11.0 Å². The van der Waals surface area contributed by atoms with E-state index in [0.717, 1.165) is 24.8 Å². The Kier molecular flexibility index (Phi) is 4.24. The number of phenols is 1. The second-order valence-electron chi connectivity index (χ2n) is 7.62. The molecule has 4 rings (SSSR count). The van der Waals surface area contributed by atoms with Gasteiger partial charge in [-0.1, -0.05) is 6.42 Å². The highest BCUT2D eigenvalue weighted by Gasteiger charge is 2.36. The van der Waals surface area contributed by atoms with Gasteiger partial charge < -0.3 is 10.8 Å². The molecule has 1 aliphatic rings. The van der Waals surface area contributed by atoms with Gasteiger partial charge in [0.15, 0.2) is 0 Å². The molecule has 1 fully saturated rings. The summed E-state index contributed by atoms with van der Waals surface area (Å²) in [6.07, 6.45) is 7.18. The van der Waals surface area contributed by atoms with Crippen LogP contribution in [0.2, 0.25) is 0 Å². The molecular weight excluding hydrogens is 362 g/mol. The number of hydrogen-bond acceptors (Lipinski definition) is 5. The number of fused-ring (bicyclic) bond motifs is 1. The maximum Gasteiger partial charge on any atom is 0.268 e. The Morgan fingerprint density at radius 2 is 2.04 bits per heavy atom. The smallest absolute Gasteiger partial charge is 0.268 e. The molecule has 1 saturated carbocycles. The van der Waals surface area contributed by atoms with Gasteiger partial charge in [-0.15, -0.1) is 0 Å². The first-order valence-corrected chi connectivity index (χ1v) is 10.5. The number of phenolic OH excluding ortho intramolecular Hbond substituents is 1. The predicted octanol–water partition coefficient (Wildman–Crippen LogP) is 3.04. The molecule has 0 saturated heterocycles.